The summed E-state index contributed by atoms with van der Waals surface area (Å²) in [6.45, 7) is 6.25. The molecule has 2 aromatic carbocycles. The van der Waals surface area contributed by atoms with E-state index in [0.29, 0.717) is 34.4 Å². The minimum atomic E-state index is -0.257. The van der Waals surface area contributed by atoms with Crippen LogP contribution >= 0.6 is 11.6 Å². The number of carbonyl (C=O) groups is 1. The molecule has 2 rings (SSSR count). The Morgan fingerprint density at radius 2 is 1.59 bits per heavy atom. The predicted octanol–water partition coefficient (Wildman–Crippen LogP) is 4.18. The molecule has 1 N–H and O–H groups in total. The van der Waals surface area contributed by atoms with Crippen molar-refractivity contribution in [1.82, 2.24) is 10.2 Å². The highest BCUT2D eigenvalue weighted by Gasteiger charge is 2.23. The van der Waals surface area contributed by atoms with Crippen molar-refractivity contribution in [2.45, 2.75) is 19.9 Å². The van der Waals surface area contributed by atoms with Gasteiger partial charge in [0.1, 0.15) is 5.75 Å². The van der Waals surface area contributed by atoms with E-state index in [-0.39, 0.29) is 11.9 Å². The first-order chi connectivity index (χ1) is 14.0. The second kappa shape index (κ2) is 10.9. The number of rotatable bonds is 10. The zero-order chi connectivity index (χ0) is 21.4. The van der Waals surface area contributed by atoms with Crippen molar-refractivity contribution in [3.05, 3.63) is 52.5 Å². The van der Waals surface area contributed by atoms with Crippen LogP contribution in [0.1, 0.15) is 35.8 Å². The first-order valence-corrected chi connectivity index (χ1v) is 9.95. The first-order valence-electron chi connectivity index (χ1n) is 9.57. The molecule has 0 saturated carbocycles. The van der Waals surface area contributed by atoms with Crippen molar-refractivity contribution in [1.29, 1.82) is 0 Å². The third-order valence-corrected chi connectivity index (χ3v) is 5.27. The summed E-state index contributed by atoms with van der Waals surface area (Å²) in [6, 6.07) is 10.9. The van der Waals surface area contributed by atoms with Crippen LogP contribution in [-0.4, -0.2) is 51.8 Å². The molecular weight excluding hydrogens is 392 g/mol. The lowest BCUT2D eigenvalue weighted by Crippen LogP contribution is -2.38. The number of nitrogens with one attached hydrogen (secondary N) is 1. The molecule has 0 aromatic heterocycles. The molecule has 1 unspecified atom stereocenters. The summed E-state index contributed by atoms with van der Waals surface area (Å²) in [7, 11) is 4.58. The smallest absolute Gasteiger partial charge is 0.255 e. The fourth-order valence-corrected chi connectivity index (χ4v) is 3.60. The van der Waals surface area contributed by atoms with E-state index in [1.165, 1.54) is 21.3 Å². The number of amides is 1. The molecule has 0 aliphatic carbocycles. The molecule has 0 aliphatic heterocycles. The number of hydrogen-bond acceptors (Lipinski definition) is 5. The topological polar surface area (TPSA) is 60.0 Å². The van der Waals surface area contributed by atoms with Gasteiger partial charge in [-0.2, -0.15) is 0 Å². The molecule has 0 bridgehead atoms. The average Bonchev–Trinajstić information content (AvgIpc) is 2.75. The Morgan fingerprint density at radius 3 is 2.14 bits per heavy atom. The predicted molar refractivity (Wildman–Crippen MR) is 116 cm³/mol. The molecule has 1 atom stereocenters. The molecule has 29 heavy (non-hydrogen) atoms. The van der Waals surface area contributed by atoms with Gasteiger partial charge in [0.15, 0.2) is 11.5 Å². The number of hydrogen-bond donors (Lipinski definition) is 1. The normalized spacial score (nSPS) is 11.8. The minimum Gasteiger partial charge on any atom is -0.496 e. The summed E-state index contributed by atoms with van der Waals surface area (Å²) in [5.41, 5.74) is 1.36. The number of ether oxygens (including phenoxy) is 3. The molecule has 0 saturated heterocycles. The van der Waals surface area contributed by atoms with Crippen molar-refractivity contribution in [2.75, 3.05) is 41.0 Å². The summed E-state index contributed by atoms with van der Waals surface area (Å²) >= 11 is 6.44. The van der Waals surface area contributed by atoms with E-state index in [4.69, 9.17) is 25.8 Å². The van der Waals surface area contributed by atoms with Crippen LogP contribution in [0.3, 0.4) is 0 Å². The summed E-state index contributed by atoms with van der Waals surface area (Å²) in [5.74, 6) is 1.12. The fourth-order valence-electron chi connectivity index (χ4n) is 3.34. The third kappa shape index (κ3) is 5.34. The largest absolute Gasteiger partial charge is 0.496 e. The Bertz CT molecular complexity index is 824. The number of carbonyl (C=O) groups excluding carboxylic acids is 1. The molecule has 158 valence electrons. The van der Waals surface area contributed by atoms with Crippen LogP contribution in [0.4, 0.5) is 0 Å². The van der Waals surface area contributed by atoms with Crippen molar-refractivity contribution in [3.63, 3.8) is 0 Å². The highest BCUT2D eigenvalue weighted by Crippen LogP contribution is 2.34. The van der Waals surface area contributed by atoms with Gasteiger partial charge >= 0.3 is 0 Å². The monoisotopic (exact) mass is 420 g/mol. The molecule has 7 heteroatoms. The summed E-state index contributed by atoms with van der Waals surface area (Å²) in [5, 5.41) is 3.70. The Kier molecular flexibility index (Phi) is 8.61. The number of halogens is 1. The molecule has 6 nitrogen and oxygen atoms in total. The van der Waals surface area contributed by atoms with Gasteiger partial charge in [-0.05, 0) is 24.7 Å². The van der Waals surface area contributed by atoms with Gasteiger partial charge in [-0.25, -0.2) is 0 Å². The summed E-state index contributed by atoms with van der Waals surface area (Å²) < 4.78 is 16.0. The van der Waals surface area contributed by atoms with E-state index in [9.17, 15) is 4.79 Å². The van der Waals surface area contributed by atoms with Gasteiger partial charge in [-0.3, -0.25) is 9.69 Å². The molecule has 0 spiro atoms. The third-order valence-electron chi connectivity index (χ3n) is 4.92. The zero-order valence-electron chi connectivity index (χ0n) is 17.6. The Labute approximate surface area is 177 Å². The van der Waals surface area contributed by atoms with Crippen molar-refractivity contribution in [2.24, 2.45) is 0 Å². The van der Waals surface area contributed by atoms with Crippen LogP contribution in [0.25, 0.3) is 0 Å². The molecule has 0 aliphatic rings. The van der Waals surface area contributed by atoms with Gasteiger partial charge in [0.2, 0.25) is 0 Å². The van der Waals surface area contributed by atoms with Crippen LogP contribution < -0.4 is 19.5 Å². The SMILES string of the molecule is CCN(CC)C(CNC(=O)c1cc(OC)c(OC)cc1OC)c1ccccc1Cl. The van der Waals surface area contributed by atoms with Crippen LogP contribution in [0.5, 0.6) is 17.2 Å². The molecular formula is C22H29ClN2O4. The first kappa shape index (κ1) is 22.8. The lowest BCUT2D eigenvalue weighted by molar-refractivity contribution is 0.0931. The van der Waals surface area contributed by atoms with Crippen LogP contribution in [0, 0.1) is 0 Å². The van der Waals surface area contributed by atoms with Gasteiger partial charge in [0.05, 0.1) is 32.9 Å². The quantitative estimate of drug-likeness (QED) is 0.624. The van der Waals surface area contributed by atoms with Gasteiger partial charge < -0.3 is 19.5 Å². The van der Waals surface area contributed by atoms with E-state index >= 15 is 0 Å². The molecule has 1 amide bonds. The van der Waals surface area contributed by atoms with E-state index in [2.05, 4.69) is 24.1 Å². The second-order valence-electron chi connectivity index (χ2n) is 6.38. The van der Waals surface area contributed by atoms with Gasteiger partial charge in [-0.1, -0.05) is 43.6 Å². The van der Waals surface area contributed by atoms with Crippen molar-refractivity contribution < 1.29 is 19.0 Å². The van der Waals surface area contributed by atoms with Gasteiger partial charge in [0.25, 0.3) is 5.91 Å². The fraction of sp³-hybridized carbons (Fsp3) is 0.409. The van der Waals surface area contributed by atoms with Gasteiger partial charge in [-0.15, -0.1) is 0 Å². The van der Waals surface area contributed by atoms with Gasteiger partial charge in [0, 0.05) is 23.7 Å². The number of benzene rings is 2. The highest BCUT2D eigenvalue weighted by atomic mass is 35.5. The number of nitrogens with zero attached hydrogens (tertiary/aromatic N) is 1. The average molecular weight is 421 g/mol. The standard InChI is InChI=1S/C22H29ClN2O4/c1-6-25(7-2)18(15-10-8-9-11-17(15)23)14-24-22(26)16-12-20(28-4)21(29-5)13-19(16)27-3/h8-13,18H,6-7,14H2,1-5H3,(H,24,26). The highest BCUT2D eigenvalue weighted by molar-refractivity contribution is 6.31. The number of likely N-dealkylation sites (N-methyl/N-ethyl adjacent to an activating group) is 1. The Balaban J connectivity index is 2.29. The molecule has 0 fully saturated rings. The Morgan fingerprint density at radius 1 is 1.00 bits per heavy atom. The number of methoxy groups -OCH3 is 3. The second-order valence-corrected chi connectivity index (χ2v) is 6.78. The molecule has 0 radical (unpaired) electrons. The van der Waals surface area contributed by atoms with Crippen molar-refractivity contribution in [3.8, 4) is 17.2 Å². The van der Waals surface area contributed by atoms with E-state index < -0.39 is 0 Å². The maximum atomic E-state index is 13.0. The van der Waals surface area contributed by atoms with E-state index in [1.807, 2.05) is 24.3 Å². The maximum absolute atomic E-state index is 13.0. The lowest BCUT2D eigenvalue weighted by Gasteiger charge is -2.31. The summed E-state index contributed by atoms with van der Waals surface area (Å²) in [6.07, 6.45) is 0. The maximum Gasteiger partial charge on any atom is 0.255 e. The minimum absolute atomic E-state index is 0.0474. The van der Waals surface area contributed by atoms with Crippen LogP contribution in [0.2, 0.25) is 5.02 Å². The zero-order valence-corrected chi connectivity index (χ0v) is 18.4. The molecule has 0 heterocycles. The van der Waals surface area contributed by atoms with Crippen molar-refractivity contribution >= 4 is 17.5 Å². The molecule has 2 aromatic rings. The van der Waals surface area contributed by atoms with E-state index in [1.54, 1.807) is 12.1 Å². The Hall–Kier alpha value is -2.44. The van der Waals surface area contributed by atoms with E-state index in [0.717, 1.165) is 18.7 Å². The van der Waals surface area contributed by atoms with Crippen LogP contribution in [-0.2, 0) is 0 Å². The lowest BCUT2D eigenvalue weighted by atomic mass is 10.0. The summed E-state index contributed by atoms with van der Waals surface area (Å²) in [4.78, 5) is 15.2. The van der Waals surface area contributed by atoms with Crippen LogP contribution in [0.15, 0.2) is 36.4 Å².